The van der Waals surface area contributed by atoms with Crippen LogP contribution in [0.2, 0.25) is 0 Å². The van der Waals surface area contributed by atoms with Crippen molar-refractivity contribution in [2.24, 2.45) is 5.41 Å². The highest BCUT2D eigenvalue weighted by Gasteiger charge is 2.30. The third-order valence-corrected chi connectivity index (χ3v) is 5.43. The highest BCUT2D eigenvalue weighted by atomic mass is 16.6. The van der Waals surface area contributed by atoms with Gasteiger partial charge in [0.2, 0.25) is 5.76 Å². The topological polar surface area (TPSA) is 112 Å². The molecule has 0 saturated heterocycles. The Hall–Kier alpha value is -2.94. The molecule has 0 fully saturated rings. The van der Waals surface area contributed by atoms with Crippen LogP contribution in [0.1, 0.15) is 48.0 Å². The van der Waals surface area contributed by atoms with Crippen LogP contribution >= 0.6 is 0 Å². The summed E-state index contributed by atoms with van der Waals surface area (Å²) in [5, 5.41) is 19.4. The number of ether oxygens (including phenoxy) is 4. The van der Waals surface area contributed by atoms with Crippen molar-refractivity contribution in [3.63, 3.8) is 0 Å². The number of allylic oxidation sites excluding steroid dienone is 9. The zero-order valence-corrected chi connectivity index (χ0v) is 22.4. The first-order valence-corrected chi connectivity index (χ1v) is 11.9. The van der Waals surface area contributed by atoms with Crippen LogP contribution in [0.3, 0.4) is 0 Å². The summed E-state index contributed by atoms with van der Waals surface area (Å²) in [6.45, 7) is 11.5. The van der Waals surface area contributed by atoms with Gasteiger partial charge in [-0.3, -0.25) is 4.79 Å². The van der Waals surface area contributed by atoms with Crippen molar-refractivity contribution in [3.8, 4) is 0 Å². The molecule has 0 aromatic heterocycles. The minimum absolute atomic E-state index is 0.0277. The van der Waals surface area contributed by atoms with Gasteiger partial charge >= 0.3 is 5.97 Å². The van der Waals surface area contributed by atoms with E-state index in [4.69, 9.17) is 18.9 Å². The number of aliphatic hydroxyl groups excluding tert-OH is 2. The summed E-state index contributed by atoms with van der Waals surface area (Å²) in [5.74, 6) is -0.991. The number of aldehydes is 1. The lowest BCUT2D eigenvalue weighted by atomic mass is 9.82. The van der Waals surface area contributed by atoms with Crippen molar-refractivity contribution in [2.75, 3.05) is 26.9 Å². The number of aliphatic hydroxyl groups is 2. The molecule has 1 aliphatic rings. The Balaban J connectivity index is 3.27. The van der Waals surface area contributed by atoms with Gasteiger partial charge in [0.1, 0.15) is 24.6 Å². The third kappa shape index (κ3) is 9.97. The molecule has 0 aromatic carbocycles. The fourth-order valence-electron chi connectivity index (χ4n) is 3.41. The standard InChI is InChI=1S/C28H40O8/c1-8-20(3)22(28(4,5)6)13-12-19(2)10-9-11-21-14-15-34-25(32)18-35-27(24(17-30)36-21)26(33-7)23(31)16-29/h9-14,17,23,26,29,31H,8,15-16,18H2,1-7H3/b11-9+,13-12+,19-10+,21-14-,22-20-,27-24-. The molecule has 8 heteroatoms. The molecule has 0 radical (unpaired) electrons. The predicted molar refractivity (Wildman–Crippen MR) is 138 cm³/mol. The van der Waals surface area contributed by atoms with E-state index >= 15 is 0 Å². The number of carbonyl (C=O) groups excluding carboxylic acids is 2. The predicted octanol–water partition coefficient (Wildman–Crippen LogP) is 4.07. The summed E-state index contributed by atoms with van der Waals surface area (Å²) in [7, 11) is 1.26. The van der Waals surface area contributed by atoms with Gasteiger partial charge in [0, 0.05) is 7.11 Å². The van der Waals surface area contributed by atoms with E-state index in [1.165, 1.54) is 24.3 Å². The van der Waals surface area contributed by atoms with Crippen LogP contribution in [-0.2, 0) is 28.5 Å². The Bertz CT molecular complexity index is 941. The molecule has 8 nitrogen and oxygen atoms in total. The van der Waals surface area contributed by atoms with Crippen LogP contribution in [0.5, 0.6) is 0 Å². The molecular weight excluding hydrogens is 464 g/mol. The van der Waals surface area contributed by atoms with Crippen LogP contribution in [0.4, 0.5) is 0 Å². The Morgan fingerprint density at radius 3 is 2.47 bits per heavy atom. The Kier molecular flexibility index (Phi) is 13.2. The molecule has 1 rings (SSSR count). The first-order valence-electron chi connectivity index (χ1n) is 11.9. The number of hydrogen-bond donors (Lipinski definition) is 2. The van der Waals surface area contributed by atoms with E-state index in [2.05, 4.69) is 40.7 Å². The molecule has 0 bridgehead atoms. The maximum absolute atomic E-state index is 11.9. The number of cyclic esters (lactones) is 1. The van der Waals surface area contributed by atoms with Gasteiger partial charge in [-0.2, -0.15) is 0 Å². The maximum Gasteiger partial charge on any atom is 0.344 e. The van der Waals surface area contributed by atoms with Crippen LogP contribution in [0, 0.1) is 5.41 Å². The molecule has 0 saturated carbocycles. The molecule has 1 heterocycles. The fourth-order valence-corrected chi connectivity index (χ4v) is 3.41. The second kappa shape index (κ2) is 15.2. The van der Waals surface area contributed by atoms with Crippen LogP contribution in [-0.4, -0.2) is 61.6 Å². The average molecular weight is 505 g/mol. The van der Waals surface area contributed by atoms with Crippen molar-refractivity contribution >= 4 is 12.3 Å². The SMILES string of the molecule is CC/C(C)=C(/C=C/C(C)=C/C=C/C1=C/COC(=O)CO/C(C(OC)C(O)CO)=C(/C=O)O1)C(C)(C)C. The lowest BCUT2D eigenvalue weighted by Crippen LogP contribution is -2.36. The summed E-state index contributed by atoms with van der Waals surface area (Å²) in [5.41, 5.74) is 3.64. The van der Waals surface area contributed by atoms with Gasteiger partial charge < -0.3 is 29.2 Å². The minimum atomic E-state index is -1.41. The first kappa shape index (κ1) is 31.1. The van der Waals surface area contributed by atoms with Crippen LogP contribution in [0.25, 0.3) is 0 Å². The molecule has 0 spiro atoms. The summed E-state index contributed by atoms with van der Waals surface area (Å²) in [6.07, 6.45) is 9.61. The quantitative estimate of drug-likeness (QED) is 0.260. The number of hydrogen-bond acceptors (Lipinski definition) is 8. The second-order valence-electron chi connectivity index (χ2n) is 9.33. The molecule has 2 atom stereocenters. The van der Waals surface area contributed by atoms with E-state index < -0.39 is 31.4 Å². The van der Waals surface area contributed by atoms with E-state index in [9.17, 15) is 19.8 Å². The van der Waals surface area contributed by atoms with E-state index in [1.54, 1.807) is 12.2 Å². The van der Waals surface area contributed by atoms with E-state index in [0.717, 1.165) is 12.0 Å². The highest BCUT2D eigenvalue weighted by molar-refractivity contribution is 5.73. The fraction of sp³-hybridized carbons (Fsp3) is 0.500. The van der Waals surface area contributed by atoms with Gasteiger partial charge in [0.15, 0.2) is 18.7 Å². The minimum Gasteiger partial charge on any atom is -0.479 e. The van der Waals surface area contributed by atoms with Crippen molar-refractivity contribution in [2.45, 2.75) is 60.2 Å². The highest BCUT2D eigenvalue weighted by Crippen LogP contribution is 2.30. The molecular formula is C28H40O8. The number of methoxy groups -OCH3 is 1. The zero-order valence-electron chi connectivity index (χ0n) is 22.4. The van der Waals surface area contributed by atoms with Gasteiger partial charge in [-0.25, -0.2) is 4.79 Å². The number of esters is 1. The zero-order chi connectivity index (χ0) is 27.3. The van der Waals surface area contributed by atoms with Gasteiger partial charge in [-0.05, 0) is 43.4 Å². The Labute approximate surface area is 214 Å². The summed E-state index contributed by atoms with van der Waals surface area (Å²) >= 11 is 0. The smallest absolute Gasteiger partial charge is 0.344 e. The van der Waals surface area contributed by atoms with E-state index in [1.807, 2.05) is 19.1 Å². The van der Waals surface area contributed by atoms with Crippen molar-refractivity contribution in [1.29, 1.82) is 0 Å². The largest absolute Gasteiger partial charge is 0.479 e. The molecule has 36 heavy (non-hydrogen) atoms. The van der Waals surface area contributed by atoms with Crippen molar-refractivity contribution in [1.82, 2.24) is 0 Å². The summed E-state index contributed by atoms with van der Waals surface area (Å²) in [4.78, 5) is 23.8. The van der Waals surface area contributed by atoms with Crippen molar-refractivity contribution in [3.05, 3.63) is 70.5 Å². The van der Waals surface area contributed by atoms with Crippen LogP contribution in [0.15, 0.2) is 70.5 Å². The summed E-state index contributed by atoms with van der Waals surface area (Å²) < 4.78 is 21.4. The van der Waals surface area contributed by atoms with Gasteiger partial charge in [-0.15, -0.1) is 0 Å². The molecule has 0 amide bonds. The van der Waals surface area contributed by atoms with E-state index in [-0.39, 0.29) is 29.3 Å². The Morgan fingerprint density at radius 1 is 1.22 bits per heavy atom. The monoisotopic (exact) mass is 504 g/mol. The lowest BCUT2D eigenvalue weighted by Gasteiger charge is -2.24. The molecule has 1 aliphatic heterocycles. The number of rotatable bonds is 10. The first-order chi connectivity index (χ1) is 17.0. The second-order valence-corrected chi connectivity index (χ2v) is 9.33. The molecule has 0 aliphatic carbocycles. The molecule has 2 unspecified atom stereocenters. The third-order valence-electron chi connectivity index (χ3n) is 5.43. The van der Waals surface area contributed by atoms with Gasteiger partial charge in [-0.1, -0.05) is 63.1 Å². The van der Waals surface area contributed by atoms with Crippen LogP contribution < -0.4 is 0 Å². The van der Waals surface area contributed by atoms with Gasteiger partial charge in [0.05, 0.1) is 6.61 Å². The maximum atomic E-state index is 11.9. The van der Waals surface area contributed by atoms with Gasteiger partial charge in [0.25, 0.3) is 0 Å². The number of carbonyl (C=O) groups is 2. The lowest BCUT2D eigenvalue weighted by molar-refractivity contribution is -0.148. The molecule has 200 valence electrons. The molecule has 0 aromatic rings. The Morgan fingerprint density at radius 2 is 1.92 bits per heavy atom. The van der Waals surface area contributed by atoms with Crippen molar-refractivity contribution < 1.29 is 38.7 Å². The van der Waals surface area contributed by atoms with E-state index in [0.29, 0.717) is 6.29 Å². The molecule has 2 N–H and O–H groups in total. The summed E-state index contributed by atoms with van der Waals surface area (Å²) in [6, 6.07) is 0. The average Bonchev–Trinajstić information content (AvgIpc) is 2.83. The normalized spacial score (nSPS) is 22.2.